The lowest BCUT2D eigenvalue weighted by molar-refractivity contribution is 0.102. The van der Waals surface area contributed by atoms with Gasteiger partial charge < -0.3 is 11.1 Å². The first-order valence-electron chi connectivity index (χ1n) is 5.11. The molecule has 5 nitrogen and oxygen atoms in total. The average Bonchev–Trinajstić information content (AvgIpc) is 2.32. The Morgan fingerprint density at radius 1 is 1.29 bits per heavy atom. The summed E-state index contributed by atoms with van der Waals surface area (Å²) in [6, 6.07) is 6.75. The third-order valence-corrected chi connectivity index (χ3v) is 2.17. The molecule has 0 fully saturated rings. The quantitative estimate of drug-likeness (QED) is 0.818. The molecule has 0 aliphatic heterocycles. The van der Waals surface area contributed by atoms with Gasteiger partial charge in [0, 0.05) is 18.1 Å². The van der Waals surface area contributed by atoms with E-state index in [0.717, 1.165) is 5.56 Å². The topological polar surface area (TPSA) is 80.9 Å². The first-order chi connectivity index (χ1) is 8.15. The standard InChI is InChI=1S/C12H12N4O/c1-8-2-3-11(15-7-8)16-12(17)10-6-9(13)4-5-14-10/h2-7H,1H3,(H2,13,14)(H,15,16,17). The number of hydrogen-bond acceptors (Lipinski definition) is 4. The van der Waals surface area contributed by atoms with Crippen LogP contribution in [0.4, 0.5) is 11.5 Å². The van der Waals surface area contributed by atoms with Crippen LogP contribution >= 0.6 is 0 Å². The van der Waals surface area contributed by atoms with Crippen molar-refractivity contribution in [2.45, 2.75) is 6.92 Å². The molecule has 0 aromatic carbocycles. The highest BCUT2D eigenvalue weighted by atomic mass is 16.1. The highest BCUT2D eigenvalue weighted by Crippen LogP contribution is 2.08. The Labute approximate surface area is 98.7 Å². The van der Waals surface area contributed by atoms with Crippen LogP contribution in [0.2, 0.25) is 0 Å². The average molecular weight is 228 g/mol. The lowest BCUT2D eigenvalue weighted by Gasteiger charge is -2.04. The molecule has 0 saturated carbocycles. The van der Waals surface area contributed by atoms with Crippen molar-refractivity contribution in [1.82, 2.24) is 9.97 Å². The molecule has 0 saturated heterocycles. The summed E-state index contributed by atoms with van der Waals surface area (Å²) in [5.74, 6) is 0.165. The summed E-state index contributed by atoms with van der Waals surface area (Å²) in [4.78, 5) is 19.8. The number of nitrogens with zero attached hydrogens (tertiary/aromatic N) is 2. The van der Waals surface area contributed by atoms with E-state index in [9.17, 15) is 4.79 Å². The fourth-order valence-electron chi connectivity index (χ4n) is 1.29. The van der Waals surface area contributed by atoms with Crippen LogP contribution in [0.1, 0.15) is 16.1 Å². The molecule has 3 N–H and O–H groups in total. The zero-order chi connectivity index (χ0) is 12.3. The van der Waals surface area contributed by atoms with Crippen LogP contribution in [-0.2, 0) is 0 Å². The minimum absolute atomic E-state index is 0.271. The first-order valence-corrected chi connectivity index (χ1v) is 5.11. The van der Waals surface area contributed by atoms with Crippen LogP contribution in [0.3, 0.4) is 0 Å². The summed E-state index contributed by atoms with van der Waals surface area (Å²) in [6.07, 6.45) is 3.18. The summed E-state index contributed by atoms with van der Waals surface area (Å²) >= 11 is 0. The highest BCUT2D eigenvalue weighted by molar-refractivity contribution is 6.02. The second-order valence-corrected chi connectivity index (χ2v) is 3.65. The number of nitrogens with two attached hydrogens (primary N) is 1. The molecule has 5 heteroatoms. The largest absolute Gasteiger partial charge is 0.399 e. The van der Waals surface area contributed by atoms with E-state index in [1.54, 1.807) is 18.3 Å². The number of anilines is 2. The van der Waals surface area contributed by atoms with Gasteiger partial charge in [0.1, 0.15) is 11.5 Å². The SMILES string of the molecule is Cc1ccc(NC(=O)c2cc(N)ccn2)nc1. The molecule has 0 aliphatic carbocycles. The molecule has 0 unspecified atom stereocenters. The summed E-state index contributed by atoms with van der Waals surface area (Å²) < 4.78 is 0. The minimum atomic E-state index is -0.325. The number of amides is 1. The van der Waals surface area contributed by atoms with Gasteiger partial charge in [-0.1, -0.05) is 6.07 Å². The Morgan fingerprint density at radius 2 is 2.12 bits per heavy atom. The fourth-order valence-corrected chi connectivity index (χ4v) is 1.29. The van der Waals surface area contributed by atoms with Gasteiger partial charge in [0.15, 0.2) is 0 Å². The molecule has 2 rings (SSSR count). The van der Waals surface area contributed by atoms with Gasteiger partial charge in [-0.15, -0.1) is 0 Å². The molecule has 2 aromatic heterocycles. The number of nitrogen functional groups attached to an aromatic ring is 1. The molecular weight excluding hydrogens is 216 g/mol. The van der Waals surface area contributed by atoms with Crippen LogP contribution < -0.4 is 11.1 Å². The Balaban J connectivity index is 2.14. The smallest absolute Gasteiger partial charge is 0.275 e. The van der Waals surface area contributed by atoms with Crippen molar-refractivity contribution >= 4 is 17.4 Å². The third-order valence-electron chi connectivity index (χ3n) is 2.17. The summed E-state index contributed by atoms with van der Waals surface area (Å²) in [5.41, 5.74) is 7.38. The van der Waals surface area contributed by atoms with Gasteiger partial charge in [-0.25, -0.2) is 4.98 Å². The number of pyridine rings is 2. The molecule has 86 valence electrons. The fraction of sp³-hybridized carbons (Fsp3) is 0.0833. The first kappa shape index (κ1) is 11.1. The van der Waals surface area contributed by atoms with Crippen LogP contribution in [0.25, 0.3) is 0 Å². The van der Waals surface area contributed by atoms with Gasteiger partial charge in [-0.2, -0.15) is 0 Å². The molecular formula is C12H12N4O. The van der Waals surface area contributed by atoms with E-state index in [1.165, 1.54) is 12.3 Å². The summed E-state index contributed by atoms with van der Waals surface area (Å²) in [7, 11) is 0. The van der Waals surface area contributed by atoms with Crippen molar-refractivity contribution in [2.24, 2.45) is 0 Å². The number of aryl methyl sites for hydroxylation is 1. The van der Waals surface area contributed by atoms with Crippen LogP contribution in [0.5, 0.6) is 0 Å². The molecule has 0 atom stereocenters. The third kappa shape index (κ3) is 2.78. The van der Waals surface area contributed by atoms with E-state index < -0.39 is 0 Å². The van der Waals surface area contributed by atoms with Crippen molar-refractivity contribution in [3.8, 4) is 0 Å². The molecule has 1 amide bonds. The van der Waals surface area contributed by atoms with Gasteiger partial charge in [0.05, 0.1) is 0 Å². The molecule has 0 aliphatic rings. The minimum Gasteiger partial charge on any atom is -0.399 e. The van der Waals surface area contributed by atoms with Crippen LogP contribution in [0, 0.1) is 6.92 Å². The molecule has 0 radical (unpaired) electrons. The van der Waals surface area contributed by atoms with Crippen molar-refractivity contribution in [2.75, 3.05) is 11.1 Å². The van der Waals surface area contributed by atoms with Crippen LogP contribution in [-0.4, -0.2) is 15.9 Å². The van der Waals surface area contributed by atoms with Gasteiger partial charge in [-0.05, 0) is 30.7 Å². The predicted octanol–water partition coefficient (Wildman–Crippen LogP) is 1.62. The van der Waals surface area contributed by atoms with Gasteiger partial charge in [0.25, 0.3) is 5.91 Å². The number of hydrogen-bond donors (Lipinski definition) is 2. The number of carbonyl (C=O) groups excluding carboxylic acids is 1. The van der Waals surface area contributed by atoms with E-state index in [2.05, 4.69) is 15.3 Å². The number of nitrogens with one attached hydrogen (secondary N) is 1. The molecule has 2 aromatic rings. The van der Waals surface area contributed by atoms with E-state index in [-0.39, 0.29) is 11.6 Å². The van der Waals surface area contributed by atoms with Crippen molar-refractivity contribution in [1.29, 1.82) is 0 Å². The monoisotopic (exact) mass is 228 g/mol. The van der Waals surface area contributed by atoms with Gasteiger partial charge >= 0.3 is 0 Å². The van der Waals surface area contributed by atoms with E-state index in [0.29, 0.717) is 11.5 Å². The summed E-state index contributed by atoms with van der Waals surface area (Å²) in [6.45, 7) is 1.93. The predicted molar refractivity (Wildman–Crippen MR) is 65.6 cm³/mol. The molecule has 17 heavy (non-hydrogen) atoms. The van der Waals surface area contributed by atoms with E-state index in [4.69, 9.17) is 5.73 Å². The Bertz CT molecular complexity index is 536. The maximum atomic E-state index is 11.8. The Morgan fingerprint density at radius 3 is 2.76 bits per heavy atom. The molecule has 0 spiro atoms. The normalized spacial score (nSPS) is 9.94. The molecule has 0 bridgehead atoms. The Kier molecular flexibility index (Phi) is 3.00. The lowest BCUT2D eigenvalue weighted by Crippen LogP contribution is -2.14. The zero-order valence-electron chi connectivity index (χ0n) is 9.34. The Hall–Kier alpha value is -2.43. The molecule has 2 heterocycles. The van der Waals surface area contributed by atoms with Gasteiger partial charge in [-0.3, -0.25) is 9.78 Å². The number of aromatic nitrogens is 2. The van der Waals surface area contributed by atoms with Crippen molar-refractivity contribution < 1.29 is 4.79 Å². The van der Waals surface area contributed by atoms with Crippen molar-refractivity contribution in [3.05, 3.63) is 47.9 Å². The van der Waals surface area contributed by atoms with E-state index in [1.807, 2.05) is 13.0 Å². The maximum absolute atomic E-state index is 11.8. The van der Waals surface area contributed by atoms with E-state index >= 15 is 0 Å². The lowest BCUT2D eigenvalue weighted by atomic mass is 10.3. The zero-order valence-corrected chi connectivity index (χ0v) is 9.34. The number of rotatable bonds is 2. The van der Waals surface area contributed by atoms with Crippen LogP contribution in [0.15, 0.2) is 36.7 Å². The number of carbonyl (C=O) groups is 1. The second kappa shape index (κ2) is 4.61. The highest BCUT2D eigenvalue weighted by Gasteiger charge is 2.08. The van der Waals surface area contributed by atoms with Gasteiger partial charge in [0.2, 0.25) is 0 Å². The maximum Gasteiger partial charge on any atom is 0.275 e. The second-order valence-electron chi connectivity index (χ2n) is 3.65. The summed E-state index contributed by atoms with van der Waals surface area (Å²) in [5, 5.41) is 2.64. The van der Waals surface area contributed by atoms with Crippen molar-refractivity contribution in [3.63, 3.8) is 0 Å².